The van der Waals surface area contributed by atoms with Gasteiger partial charge < -0.3 is 16.2 Å². The molecular weight excluding hydrogens is 228 g/mol. The highest BCUT2D eigenvalue weighted by Crippen LogP contribution is 2.19. The van der Waals surface area contributed by atoms with Crippen molar-refractivity contribution < 1.29 is 14.7 Å². The van der Waals surface area contributed by atoms with E-state index in [9.17, 15) is 9.59 Å². The molecule has 1 aromatic heterocycles. The Morgan fingerprint density at radius 3 is 2.75 bits per heavy atom. The summed E-state index contributed by atoms with van der Waals surface area (Å²) in [5, 5.41) is 13.2. The first-order chi connectivity index (χ1) is 7.50. The van der Waals surface area contributed by atoms with Crippen molar-refractivity contribution in [3.63, 3.8) is 0 Å². The first-order valence-electron chi connectivity index (χ1n) is 4.82. The van der Waals surface area contributed by atoms with E-state index in [1.54, 1.807) is 24.4 Å². The van der Waals surface area contributed by atoms with Crippen LogP contribution in [0.5, 0.6) is 0 Å². The zero-order valence-corrected chi connectivity index (χ0v) is 9.66. The largest absolute Gasteiger partial charge is 0.479 e. The van der Waals surface area contributed by atoms with Crippen LogP contribution in [0.2, 0.25) is 0 Å². The third kappa shape index (κ3) is 3.63. The molecule has 5 nitrogen and oxygen atoms in total. The Bertz CT molecular complexity index is 362. The van der Waals surface area contributed by atoms with E-state index in [-0.39, 0.29) is 18.4 Å². The molecule has 0 bridgehead atoms. The van der Waals surface area contributed by atoms with E-state index in [0.717, 1.165) is 0 Å². The fraction of sp³-hybridized carbons (Fsp3) is 0.400. The molecule has 0 saturated heterocycles. The smallest absolute Gasteiger partial charge is 0.331 e. The van der Waals surface area contributed by atoms with E-state index in [1.165, 1.54) is 11.3 Å². The predicted molar refractivity (Wildman–Crippen MR) is 61.1 cm³/mol. The first-order valence-corrected chi connectivity index (χ1v) is 5.70. The van der Waals surface area contributed by atoms with Gasteiger partial charge in [0.2, 0.25) is 5.91 Å². The number of carboxylic acid groups (broad SMARTS) is 1. The van der Waals surface area contributed by atoms with Crippen molar-refractivity contribution in [1.82, 2.24) is 5.32 Å². The van der Waals surface area contributed by atoms with Gasteiger partial charge in [-0.25, -0.2) is 4.79 Å². The molecule has 1 amide bonds. The fourth-order valence-electron chi connectivity index (χ4n) is 1.22. The molecule has 0 aliphatic heterocycles. The van der Waals surface area contributed by atoms with Gasteiger partial charge in [0.25, 0.3) is 0 Å². The van der Waals surface area contributed by atoms with Crippen molar-refractivity contribution in [2.75, 3.05) is 0 Å². The summed E-state index contributed by atoms with van der Waals surface area (Å²) >= 11 is 1.29. The van der Waals surface area contributed by atoms with Crippen molar-refractivity contribution >= 4 is 23.2 Å². The lowest BCUT2D eigenvalue weighted by atomic mass is 10.2. The highest BCUT2D eigenvalue weighted by atomic mass is 32.1. The van der Waals surface area contributed by atoms with Crippen molar-refractivity contribution in [1.29, 1.82) is 0 Å². The predicted octanol–water partition coefficient (Wildman–Crippen LogP) is 0.727. The number of hydrogen-bond donors (Lipinski definition) is 3. The van der Waals surface area contributed by atoms with Gasteiger partial charge in [-0.3, -0.25) is 4.79 Å². The summed E-state index contributed by atoms with van der Waals surface area (Å²) in [6.07, 6.45) is 0.120. The summed E-state index contributed by atoms with van der Waals surface area (Å²) in [7, 11) is 0. The molecule has 0 aliphatic rings. The second kappa shape index (κ2) is 5.62. The molecule has 1 rings (SSSR count). The van der Waals surface area contributed by atoms with Crippen LogP contribution >= 0.6 is 11.3 Å². The maximum absolute atomic E-state index is 11.4. The van der Waals surface area contributed by atoms with Crippen molar-refractivity contribution in [3.8, 4) is 0 Å². The van der Waals surface area contributed by atoms with Crippen molar-refractivity contribution in [2.24, 2.45) is 5.73 Å². The normalized spacial score (nSPS) is 14.1. The van der Waals surface area contributed by atoms with Gasteiger partial charge in [0.1, 0.15) is 0 Å². The lowest BCUT2D eigenvalue weighted by Crippen LogP contribution is -2.36. The monoisotopic (exact) mass is 242 g/mol. The third-order valence-electron chi connectivity index (χ3n) is 1.89. The minimum Gasteiger partial charge on any atom is -0.479 e. The molecule has 0 aromatic carbocycles. The summed E-state index contributed by atoms with van der Waals surface area (Å²) in [5.74, 6) is -1.42. The van der Waals surface area contributed by atoms with Crippen LogP contribution in [0.1, 0.15) is 24.3 Å². The van der Waals surface area contributed by atoms with Gasteiger partial charge in [-0.1, -0.05) is 6.07 Å². The van der Waals surface area contributed by atoms with Crippen LogP contribution in [0.3, 0.4) is 0 Å². The van der Waals surface area contributed by atoms with Gasteiger partial charge in [-0.15, -0.1) is 11.3 Å². The molecule has 0 fully saturated rings. The number of thiophene rings is 1. The van der Waals surface area contributed by atoms with Crippen LogP contribution in [0, 0.1) is 0 Å². The Hall–Kier alpha value is -1.40. The lowest BCUT2D eigenvalue weighted by molar-refractivity contribution is -0.142. The summed E-state index contributed by atoms with van der Waals surface area (Å²) in [6, 6.07) is 2.16. The van der Waals surface area contributed by atoms with Crippen LogP contribution in [-0.4, -0.2) is 23.0 Å². The standard InChI is InChI=1S/C10H14N2O3S/c1-6(11)5-8(13)12-9(10(14)15)7-3-2-4-16-7/h2-4,6,9H,5,11H2,1H3,(H,12,13)(H,14,15). The molecule has 0 radical (unpaired) electrons. The highest BCUT2D eigenvalue weighted by molar-refractivity contribution is 7.10. The zero-order valence-electron chi connectivity index (χ0n) is 8.84. The molecular formula is C10H14N2O3S. The minimum atomic E-state index is -1.07. The maximum atomic E-state index is 11.4. The molecule has 16 heavy (non-hydrogen) atoms. The molecule has 0 spiro atoms. The second-order valence-corrected chi connectivity index (χ2v) is 4.51. The fourth-order valence-corrected chi connectivity index (χ4v) is 1.99. The van der Waals surface area contributed by atoms with Gasteiger partial charge >= 0.3 is 5.97 Å². The van der Waals surface area contributed by atoms with E-state index >= 15 is 0 Å². The van der Waals surface area contributed by atoms with Crippen LogP contribution in [0.15, 0.2) is 17.5 Å². The van der Waals surface area contributed by atoms with Crippen molar-refractivity contribution in [2.45, 2.75) is 25.4 Å². The van der Waals surface area contributed by atoms with Gasteiger partial charge in [0.05, 0.1) is 0 Å². The Kier molecular flexibility index (Phi) is 4.45. The van der Waals surface area contributed by atoms with Crippen LogP contribution in [-0.2, 0) is 9.59 Å². The maximum Gasteiger partial charge on any atom is 0.331 e. The average Bonchev–Trinajstić information content (AvgIpc) is 2.64. The summed E-state index contributed by atoms with van der Waals surface area (Å²) < 4.78 is 0. The van der Waals surface area contributed by atoms with E-state index in [0.29, 0.717) is 4.88 Å². The Balaban J connectivity index is 2.67. The van der Waals surface area contributed by atoms with E-state index in [4.69, 9.17) is 10.8 Å². The number of carbonyl (C=O) groups is 2. The number of hydrogen-bond acceptors (Lipinski definition) is 4. The molecule has 1 heterocycles. The lowest BCUT2D eigenvalue weighted by Gasteiger charge is -2.13. The van der Waals surface area contributed by atoms with E-state index < -0.39 is 12.0 Å². The Morgan fingerprint density at radius 1 is 1.62 bits per heavy atom. The van der Waals surface area contributed by atoms with Gasteiger partial charge in [0, 0.05) is 17.3 Å². The number of aliphatic carboxylic acids is 1. The van der Waals surface area contributed by atoms with Gasteiger partial charge in [0.15, 0.2) is 6.04 Å². The molecule has 0 saturated carbocycles. The molecule has 4 N–H and O–H groups in total. The van der Waals surface area contributed by atoms with E-state index in [1.807, 2.05) is 0 Å². The number of nitrogens with one attached hydrogen (secondary N) is 1. The third-order valence-corrected chi connectivity index (χ3v) is 2.82. The number of carboxylic acids is 1. The summed E-state index contributed by atoms with van der Waals surface area (Å²) in [5.41, 5.74) is 5.46. The van der Waals surface area contributed by atoms with Crippen LogP contribution in [0.25, 0.3) is 0 Å². The minimum absolute atomic E-state index is 0.120. The molecule has 1 aromatic rings. The Labute approximate surface area is 97.3 Å². The SMILES string of the molecule is CC(N)CC(=O)NC(C(=O)O)c1cccs1. The highest BCUT2D eigenvalue weighted by Gasteiger charge is 2.22. The molecule has 0 aliphatic carbocycles. The van der Waals surface area contributed by atoms with Crippen molar-refractivity contribution in [3.05, 3.63) is 22.4 Å². The molecule has 6 heteroatoms. The van der Waals surface area contributed by atoms with Gasteiger partial charge in [-0.05, 0) is 18.4 Å². The number of rotatable bonds is 5. The topological polar surface area (TPSA) is 92.4 Å². The molecule has 88 valence electrons. The van der Waals surface area contributed by atoms with Crippen LogP contribution < -0.4 is 11.1 Å². The molecule has 2 atom stereocenters. The number of nitrogens with two attached hydrogens (primary N) is 1. The van der Waals surface area contributed by atoms with Gasteiger partial charge in [-0.2, -0.15) is 0 Å². The summed E-state index contributed by atoms with van der Waals surface area (Å²) in [4.78, 5) is 23.0. The van der Waals surface area contributed by atoms with E-state index in [2.05, 4.69) is 5.32 Å². The van der Waals surface area contributed by atoms with Crippen LogP contribution in [0.4, 0.5) is 0 Å². The number of carbonyl (C=O) groups excluding carboxylic acids is 1. The Morgan fingerprint density at radius 2 is 2.31 bits per heavy atom. The number of amides is 1. The second-order valence-electron chi connectivity index (χ2n) is 3.54. The summed E-state index contributed by atoms with van der Waals surface area (Å²) in [6.45, 7) is 1.69. The zero-order chi connectivity index (χ0) is 12.1. The molecule has 2 unspecified atom stereocenters. The first kappa shape index (κ1) is 12.7. The average molecular weight is 242 g/mol. The quantitative estimate of drug-likeness (QED) is 0.709.